The molecule has 0 unspecified atom stereocenters. The van der Waals surface area contributed by atoms with Crippen molar-refractivity contribution < 1.29 is 4.79 Å². The van der Waals surface area contributed by atoms with Gasteiger partial charge in [0.05, 0.1) is 16.7 Å². The van der Waals surface area contributed by atoms with Crippen molar-refractivity contribution in [3.63, 3.8) is 0 Å². The van der Waals surface area contributed by atoms with Crippen LogP contribution in [0.25, 0.3) is 10.9 Å². The van der Waals surface area contributed by atoms with E-state index in [1.165, 1.54) is 27.2 Å². The summed E-state index contributed by atoms with van der Waals surface area (Å²) in [5.74, 6) is 0.0707. The summed E-state index contributed by atoms with van der Waals surface area (Å²) in [6, 6.07) is 16.9. The van der Waals surface area contributed by atoms with Gasteiger partial charge in [-0.15, -0.1) is 23.1 Å². The number of carbonyl (C=O) groups excluding carboxylic acids is 1. The maximum absolute atomic E-state index is 13.6. The van der Waals surface area contributed by atoms with E-state index in [0.717, 1.165) is 38.8 Å². The fourth-order valence-corrected chi connectivity index (χ4v) is 5.74. The lowest BCUT2D eigenvalue weighted by Crippen LogP contribution is -2.40. The summed E-state index contributed by atoms with van der Waals surface area (Å²) in [7, 11) is 0. The molecule has 0 radical (unpaired) electrons. The predicted octanol–water partition coefficient (Wildman–Crippen LogP) is 5.75. The highest BCUT2D eigenvalue weighted by molar-refractivity contribution is 7.98. The lowest BCUT2D eigenvalue weighted by atomic mass is 9.92. The number of aromatic amines is 1. The molecule has 1 atom stereocenters. The standard InChI is InChI=1S/C24H23N3OS2/c1-14-23(30-15(2)25-14)24(28)27-13-12-19-18-6-4-5-7-20(18)26-21(19)22(27)16-8-10-17(29-3)11-9-16/h4-11,22,26H,12-13H2,1-3H3/t22-/m0/s1. The molecule has 0 bridgehead atoms. The third-order valence-electron chi connectivity index (χ3n) is 5.82. The quantitative estimate of drug-likeness (QED) is 0.419. The molecule has 1 N–H and O–H groups in total. The highest BCUT2D eigenvalue weighted by Gasteiger charge is 2.36. The van der Waals surface area contributed by atoms with Crippen molar-refractivity contribution >= 4 is 39.9 Å². The number of benzene rings is 2. The Morgan fingerprint density at radius 3 is 2.63 bits per heavy atom. The number of amides is 1. The number of para-hydroxylation sites is 1. The molecule has 0 saturated carbocycles. The second-order valence-corrected chi connectivity index (χ2v) is 9.72. The highest BCUT2D eigenvalue weighted by atomic mass is 32.2. The first-order valence-electron chi connectivity index (χ1n) is 10.0. The predicted molar refractivity (Wildman–Crippen MR) is 125 cm³/mol. The molecule has 1 amide bonds. The maximum atomic E-state index is 13.6. The number of nitrogens with zero attached hydrogens (tertiary/aromatic N) is 2. The van der Waals surface area contributed by atoms with Gasteiger partial charge in [-0.1, -0.05) is 30.3 Å². The number of aromatic nitrogens is 2. The zero-order valence-electron chi connectivity index (χ0n) is 17.2. The summed E-state index contributed by atoms with van der Waals surface area (Å²) in [4.78, 5) is 25.8. The Labute approximate surface area is 184 Å². The van der Waals surface area contributed by atoms with Crippen LogP contribution in [0.4, 0.5) is 0 Å². The van der Waals surface area contributed by atoms with Gasteiger partial charge < -0.3 is 9.88 Å². The number of fused-ring (bicyclic) bond motifs is 3. The van der Waals surface area contributed by atoms with E-state index < -0.39 is 0 Å². The van der Waals surface area contributed by atoms with Crippen LogP contribution in [0.1, 0.15) is 43.2 Å². The molecule has 30 heavy (non-hydrogen) atoms. The molecule has 3 heterocycles. The molecule has 5 rings (SSSR count). The molecule has 4 nitrogen and oxygen atoms in total. The minimum absolute atomic E-state index is 0.0707. The third kappa shape index (κ3) is 3.15. The van der Waals surface area contributed by atoms with E-state index in [0.29, 0.717) is 6.54 Å². The molecule has 0 spiro atoms. The van der Waals surface area contributed by atoms with Gasteiger partial charge in [0.25, 0.3) is 5.91 Å². The Bertz CT molecular complexity index is 1240. The van der Waals surface area contributed by atoms with E-state index in [-0.39, 0.29) is 11.9 Å². The van der Waals surface area contributed by atoms with Crippen LogP contribution in [0, 0.1) is 13.8 Å². The van der Waals surface area contributed by atoms with E-state index in [2.05, 4.69) is 64.8 Å². The topological polar surface area (TPSA) is 49.0 Å². The first-order valence-corrected chi connectivity index (χ1v) is 12.1. The normalized spacial score (nSPS) is 16.1. The van der Waals surface area contributed by atoms with Gasteiger partial charge in [-0.25, -0.2) is 4.98 Å². The zero-order chi connectivity index (χ0) is 20.8. The molecule has 6 heteroatoms. The van der Waals surface area contributed by atoms with Gasteiger partial charge in [0.2, 0.25) is 0 Å². The van der Waals surface area contributed by atoms with Gasteiger partial charge >= 0.3 is 0 Å². The van der Waals surface area contributed by atoms with E-state index in [9.17, 15) is 4.79 Å². The molecular weight excluding hydrogens is 410 g/mol. The van der Waals surface area contributed by atoms with Crippen LogP contribution in [0.2, 0.25) is 0 Å². The Balaban J connectivity index is 1.66. The molecule has 1 aliphatic rings. The van der Waals surface area contributed by atoms with Crippen molar-refractivity contribution in [3.05, 3.63) is 80.9 Å². The number of thioether (sulfide) groups is 1. The van der Waals surface area contributed by atoms with Crippen LogP contribution in [-0.4, -0.2) is 33.6 Å². The Hall–Kier alpha value is -2.57. The van der Waals surface area contributed by atoms with Gasteiger partial charge in [0, 0.05) is 28.0 Å². The van der Waals surface area contributed by atoms with Gasteiger partial charge in [0.15, 0.2) is 0 Å². The van der Waals surface area contributed by atoms with Crippen molar-refractivity contribution in [1.29, 1.82) is 0 Å². The molecule has 1 aliphatic heterocycles. The van der Waals surface area contributed by atoms with E-state index >= 15 is 0 Å². The molecule has 0 saturated heterocycles. The number of H-pyrrole nitrogens is 1. The Morgan fingerprint density at radius 2 is 1.93 bits per heavy atom. The molecule has 152 valence electrons. The lowest BCUT2D eigenvalue weighted by molar-refractivity contribution is 0.0696. The summed E-state index contributed by atoms with van der Waals surface area (Å²) in [5, 5.41) is 2.19. The van der Waals surface area contributed by atoms with E-state index in [1.54, 1.807) is 11.8 Å². The van der Waals surface area contributed by atoms with Crippen molar-refractivity contribution in [3.8, 4) is 0 Å². The van der Waals surface area contributed by atoms with Gasteiger partial charge in [0.1, 0.15) is 4.88 Å². The molecule has 0 aliphatic carbocycles. The summed E-state index contributed by atoms with van der Waals surface area (Å²) >= 11 is 3.22. The summed E-state index contributed by atoms with van der Waals surface area (Å²) < 4.78 is 0. The first-order chi connectivity index (χ1) is 14.6. The molecule has 0 fully saturated rings. The zero-order valence-corrected chi connectivity index (χ0v) is 18.9. The van der Waals surface area contributed by atoms with Crippen molar-refractivity contribution in [2.45, 2.75) is 31.2 Å². The molecule has 2 aromatic carbocycles. The summed E-state index contributed by atoms with van der Waals surface area (Å²) in [6.45, 7) is 4.58. The highest BCUT2D eigenvalue weighted by Crippen LogP contribution is 2.40. The number of nitrogens with one attached hydrogen (secondary N) is 1. The minimum atomic E-state index is -0.133. The van der Waals surface area contributed by atoms with Crippen LogP contribution in [0.5, 0.6) is 0 Å². The van der Waals surface area contributed by atoms with E-state index in [4.69, 9.17) is 0 Å². The molecular formula is C24H23N3OS2. The fraction of sp³-hybridized carbons (Fsp3) is 0.250. The largest absolute Gasteiger partial charge is 0.356 e. The maximum Gasteiger partial charge on any atom is 0.266 e. The smallest absolute Gasteiger partial charge is 0.266 e. The monoisotopic (exact) mass is 433 g/mol. The van der Waals surface area contributed by atoms with Gasteiger partial charge in [-0.2, -0.15) is 0 Å². The number of thiazole rings is 1. The number of carbonyl (C=O) groups is 1. The average Bonchev–Trinajstić information content (AvgIpc) is 3.31. The van der Waals surface area contributed by atoms with Gasteiger partial charge in [-0.05, 0) is 55.9 Å². The van der Waals surface area contributed by atoms with Crippen LogP contribution in [0.3, 0.4) is 0 Å². The number of aryl methyl sites for hydroxylation is 2. The van der Waals surface area contributed by atoms with Crippen LogP contribution in [-0.2, 0) is 6.42 Å². The third-order valence-corrected chi connectivity index (χ3v) is 7.63. The van der Waals surface area contributed by atoms with Gasteiger partial charge in [-0.3, -0.25) is 4.79 Å². The van der Waals surface area contributed by atoms with E-state index in [1.807, 2.05) is 18.7 Å². The van der Waals surface area contributed by atoms with Crippen molar-refractivity contribution in [2.75, 3.05) is 12.8 Å². The van der Waals surface area contributed by atoms with Crippen LogP contribution < -0.4 is 0 Å². The van der Waals surface area contributed by atoms with Crippen LogP contribution in [0.15, 0.2) is 53.4 Å². The summed E-state index contributed by atoms with van der Waals surface area (Å²) in [6.07, 6.45) is 2.93. The van der Waals surface area contributed by atoms with Crippen molar-refractivity contribution in [1.82, 2.24) is 14.9 Å². The Kier molecular flexibility index (Phi) is 4.91. The second-order valence-electron chi connectivity index (χ2n) is 7.63. The number of rotatable bonds is 3. The Morgan fingerprint density at radius 1 is 1.17 bits per heavy atom. The number of hydrogen-bond acceptors (Lipinski definition) is 4. The fourth-order valence-electron chi connectivity index (χ4n) is 4.45. The SMILES string of the molecule is CSc1ccc([C@H]2c3[nH]c4ccccc4c3CCN2C(=O)c2sc(C)nc2C)cc1. The van der Waals surface area contributed by atoms with Crippen molar-refractivity contribution in [2.24, 2.45) is 0 Å². The minimum Gasteiger partial charge on any atom is -0.356 e. The number of hydrogen-bond donors (Lipinski definition) is 1. The second kappa shape index (κ2) is 7.60. The first kappa shape index (κ1) is 19.4. The average molecular weight is 434 g/mol. The van der Waals surface area contributed by atoms with Crippen LogP contribution >= 0.6 is 23.1 Å². The summed E-state index contributed by atoms with van der Waals surface area (Å²) in [5.41, 5.74) is 5.54. The lowest BCUT2D eigenvalue weighted by Gasteiger charge is -2.36. The molecule has 2 aromatic heterocycles. The molecule has 4 aromatic rings.